The Morgan fingerprint density at radius 3 is 2.50 bits per heavy atom. The summed E-state index contributed by atoms with van der Waals surface area (Å²) in [4.78, 5) is 0. The second-order valence-electron chi connectivity index (χ2n) is 4.23. The lowest BCUT2D eigenvalue weighted by atomic mass is 9.97. The van der Waals surface area contributed by atoms with Crippen molar-refractivity contribution in [2.24, 2.45) is 5.73 Å². The van der Waals surface area contributed by atoms with E-state index in [9.17, 15) is 0 Å². The molecule has 2 aromatic rings. The number of hydrogen-bond acceptors (Lipinski definition) is 2. The molecule has 0 fully saturated rings. The Hall–Kier alpha value is -1.61. The predicted octanol–water partition coefficient (Wildman–Crippen LogP) is 2.46. The van der Waals surface area contributed by atoms with Crippen LogP contribution in [0.15, 0.2) is 18.3 Å². The molecule has 0 unspecified atom stereocenters. The van der Waals surface area contributed by atoms with Crippen LogP contribution in [0, 0.1) is 20.8 Å². The Morgan fingerprint density at radius 1 is 1.12 bits per heavy atom. The molecule has 3 N–H and O–H groups in total. The summed E-state index contributed by atoms with van der Waals surface area (Å²) >= 11 is 0. The standard InChI is InChI=1S/C13H17N3/c1-8-4-10(3)12(5-9(8)2)13-11(6-14)7-15-16-13/h4-5,7H,6,14H2,1-3H3,(H,15,16). The molecule has 0 atom stereocenters. The Kier molecular flexibility index (Phi) is 2.79. The summed E-state index contributed by atoms with van der Waals surface area (Å²) < 4.78 is 0. The van der Waals surface area contributed by atoms with E-state index >= 15 is 0 Å². The van der Waals surface area contributed by atoms with Crippen molar-refractivity contribution in [2.75, 3.05) is 0 Å². The van der Waals surface area contributed by atoms with Crippen molar-refractivity contribution in [3.05, 3.63) is 40.6 Å². The summed E-state index contributed by atoms with van der Waals surface area (Å²) in [6, 6.07) is 4.39. The number of rotatable bonds is 2. The van der Waals surface area contributed by atoms with E-state index in [0.29, 0.717) is 6.54 Å². The molecule has 0 saturated carbocycles. The number of aromatic amines is 1. The molecule has 0 bridgehead atoms. The van der Waals surface area contributed by atoms with Crippen molar-refractivity contribution in [1.82, 2.24) is 10.2 Å². The van der Waals surface area contributed by atoms with Crippen molar-refractivity contribution in [3.8, 4) is 11.3 Å². The molecule has 16 heavy (non-hydrogen) atoms. The van der Waals surface area contributed by atoms with Crippen LogP contribution in [0.2, 0.25) is 0 Å². The van der Waals surface area contributed by atoms with Gasteiger partial charge in [-0.1, -0.05) is 6.07 Å². The first-order valence-corrected chi connectivity index (χ1v) is 5.44. The fourth-order valence-corrected chi connectivity index (χ4v) is 1.93. The number of aryl methyl sites for hydroxylation is 3. The number of benzene rings is 1. The second-order valence-corrected chi connectivity index (χ2v) is 4.23. The minimum atomic E-state index is 0.512. The fourth-order valence-electron chi connectivity index (χ4n) is 1.93. The molecule has 0 aliphatic rings. The first kappa shape index (κ1) is 10.9. The van der Waals surface area contributed by atoms with Gasteiger partial charge in [-0.05, 0) is 43.5 Å². The molecule has 3 nitrogen and oxygen atoms in total. The van der Waals surface area contributed by atoms with Gasteiger partial charge in [-0.25, -0.2) is 0 Å². The largest absolute Gasteiger partial charge is 0.326 e. The van der Waals surface area contributed by atoms with Crippen LogP contribution in [0.1, 0.15) is 22.3 Å². The Balaban J connectivity index is 2.60. The van der Waals surface area contributed by atoms with Crippen LogP contribution in [0.4, 0.5) is 0 Å². The molecular weight excluding hydrogens is 198 g/mol. The van der Waals surface area contributed by atoms with Crippen LogP contribution in [0.5, 0.6) is 0 Å². The van der Waals surface area contributed by atoms with E-state index in [2.05, 4.69) is 43.1 Å². The average Bonchev–Trinajstić information content (AvgIpc) is 2.71. The van der Waals surface area contributed by atoms with Gasteiger partial charge in [0.2, 0.25) is 0 Å². The van der Waals surface area contributed by atoms with Crippen LogP contribution in [-0.4, -0.2) is 10.2 Å². The predicted molar refractivity (Wildman–Crippen MR) is 66.1 cm³/mol. The quantitative estimate of drug-likeness (QED) is 0.808. The molecule has 0 aliphatic heterocycles. The van der Waals surface area contributed by atoms with Crippen molar-refractivity contribution < 1.29 is 0 Å². The minimum absolute atomic E-state index is 0.512. The van der Waals surface area contributed by atoms with Gasteiger partial charge in [-0.15, -0.1) is 0 Å². The number of aromatic nitrogens is 2. The molecule has 1 aromatic carbocycles. The van der Waals surface area contributed by atoms with E-state index in [0.717, 1.165) is 11.3 Å². The fraction of sp³-hybridized carbons (Fsp3) is 0.308. The summed E-state index contributed by atoms with van der Waals surface area (Å²) in [5.74, 6) is 0. The van der Waals surface area contributed by atoms with E-state index < -0.39 is 0 Å². The van der Waals surface area contributed by atoms with Gasteiger partial charge in [-0.3, -0.25) is 5.10 Å². The summed E-state index contributed by atoms with van der Waals surface area (Å²) in [5, 5.41) is 7.09. The maximum Gasteiger partial charge on any atom is 0.0697 e. The van der Waals surface area contributed by atoms with Crippen molar-refractivity contribution >= 4 is 0 Å². The van der Waals surface area contributed by atoms with Gasteiger partial charge >= 0.3 is 0 Å². The summed E-state index contributed by atoms with van der Waals surface area (Å²) in [6.45, 7) is 6.88. The monoisotopic (exact) mass is 215 g/mol. The van der Waals surface area contributed by atoms with Crippen molar-refractivity contribution in [3.63, 3.8) is 0 Å². The van der Waals surface area contributed by atoms with Crippen LogP contribution < -0.4 is 5.73 Å². The average molecular weight is 215 g/mol. The van der Waals surface area contributed by atoms with Gasteiger partial charge in [0.15, 0.2) is 0 Å². The lowest BCUT2D eigenvalue weighted by molar-refractivity contribution is 1.07. The summed E-state index contributed by atoms with van der Waals surface area (Å²) in [5.41, 5.74) is 12.8. The molecule has 0 amide bonds. The van der Waals surface area contributed by atoms with Gasteiger partial charge in [-0.2, -0.15) is 5.10 Å². The normalized spacial score (nSPS) is 10.8. The zero-order chi connectivity index (χ0) is 11.7. The highest BCUT2D eigenvalue weighted by Crippen LogP contribution is 2.27. The number of nitrogens with zero attached hydrogens (tertiary/aromatic N) is 1. The lowest BCUT2D eigenvalue weighted by Gasteiger charge is -2.09. The van der Waals surface area contributed by atoms with Crippen molar-refractivity contribution in [2.45, 2.75) is 27.3 Å². The number of nitrogens with two attached hydrogens (primary N) is 1. The number of hydrogen-bond donors (Lipinski definition) is 2. The molecule has 3 heteroatoms. The zero-order valence-electron chi connectivity index (χ0n) is 9.96. The molecule has 0 spiro atoms. The molecule has 1 heterocycles. The molecule has 84 valence electrons. The van der Waals surface area contributed by atoms with Crippen LogP contribution in [0.25, 0.3) is 11.3 Å². The van der Waals surface area contributed by atoms with E-state index in [4.69, 9.17) is 5.73 Å². The van der Waals surface area contributed by atoms with Crippen LogP contribution in [-0.2, 0) is 6.54 Å². The zero-order valence-corrected chi connectivity index (χ0v) is 9.96. The Labute approximate surface area is 95.7 Å². The summed E-state index contributed by atoms with van der Waals surface area (Å²) in [7, 11) is 0. The van der Waals surface area contributed by atoms with E-state index in [1.54, 1.807) is 6.20 Å². The molecule has 0 radical (unpaired) electrons. The SMILES string of the molecule is Cc1cc(C)c(-c2[nH]ncc2CN)cc1C. The van der Waals surface area contributed by atoms with Gasteiger partial charge < -0.3 is 5.73 Å². The third-order valence-electron chi connectivity index (χ3n) is 3.05. The lowest BCUT2D eigenvalue weighted by Crippen LogP contribution is -1.98. The van der Waals surface area contributed by atoms with Gasteiger partial charge in [0.1, 0.15) is 0 Å². The third-order valence-corrected chi connectivity index (χ3v) is 3.05. The minimum Gasteiger partial charge on any atom is -0.326 e. The van der Waals surface area contributed by atoms with Gasteiger partial charge in [0.25, 0.3) is 0 Å². The van der Waals surface area contributed by atoms with Crippen LogP contribution in [0.3, 0.4) is 0 Å². The van der Waals surface area contributed by atoms with Crippen molar-refractivity contribution in [1.29, 1.82) is 0 Å². The highest BCUT2D eigenvalue weighted by atomic mass is 15.1. The number of nitrogens with one attached hydrogen (secondary N) is 1. The highest BCUT2D eigenvalue weighted by molar-refractivity contribution is 5.68. The first-order chi connectivity index (χ1) is 7.63. The van der Waals surface area contributed by atoms with E-state index in [1.807, 2.05) is 0 Å². The smallest absolute Gasteiger partial charge is 0.0697 e. The van der Waals surface area contributed by atoms with E-state index in [1.165, 1.54) is 22.3 Å². The molecule has 0 aliphatic carbocycles. The Bertz CT molecular complexity index is 512. The Morgan fingerprint density at radius 2 is 1.81 bits per heavy atom. The number of H-pyrrole nitrogens is 1. The topological polar surface area (TPSA) is 54.7 Å². The maximum absolute atomic E-state index is 5.69. The molecule has 1 aromatic heterocycles. The summed E-state index contributed by atoms with van der Waals surface area (Å²) in [6.07, 6.45) is 1.80. The van der Waals surface area contributed by atoms with Gasteiger partial charge in [0, 0.05) is 17.7 Å². The molecule has 0 saturated heterocycles. The van der Waals surface area contributed by atoms with Crippen LogP contribution >= 0.6 is 0 Å². The van der Waals surface area contributed by atoms with Gasteiger partial charge in [0.05, 0.1) is 11.9 Å². The molecule has 2 rings (SSSR count). The third kappa shape index (κ3) is 1.74. The molecular formula is C13H17N3. The maximum atomic E-state index is 5.69. The van der Waals surface area contributed by atoms with E-state index in [-0.39, 0.29) is 0 Å². The highest BCUT2D eigenvalue weighted by Gasteiger charge is 2.10. The second kappa shape index (κ2) is 4.10. The first-order valence-electron chi connectivity index (χ1n) is 5.44.